The third-order valence-electron chi connectivity index (χ3n) is 4.14. The Bertz CT molecular complexity index is 652. The van der Waals surface area contributed by atoms with Crippen molar-refractivity contribution < 1.29 is 4.42 Å². The lowest BCUT2D eigenvalue weighted by atomic mass is 10.1. The summed E-state index contributed by atoms with van der Waals surface area (Å²) in [6.45, 7) is 8.45. The summed E-state index contributed by atoms with van der Waals surface area (Å²) in [7, 11) is 2.11. The Morgan fingerprint density at radius 3 is 2.54 bits per heavy atom. The molecular formula is C21H32N4O. The second-order valence-electron chi connectivity index (χ2n) is 6.50. The van der Waals surface area contributed by atoms with E-state index in [9.17, 15) is 0 Å². The maximum Gasteiger partial charge on any atom is 0.191 e. The fourth-order valence-corrected chi connectivity index (χ4v) is 2.77. The Morgan fingerprint density at radius 2 is 1.85 bits per heavy atom. The Labute approximate surface area is 157 Å². The number of nitrogens with one attached hydrogen (secondary N) is 2. The second-order valence-corrected chi connectivity index (χ2v) is 6.50. The fourth-order valence-electron chi connectivity index (χ4n) is 2.77. The van der Waals surface area contributed by atoms with E-state index in [4.69, 9.17) is 9.41 Å². The largest absolute Gasteiger partial charge is 0.468 e. The number of hydrogen-bond donors (Lipinski definition) is 2. The molecule has 5 nitrogen and oxygen atoms in total. The van der Waals surface area contributed by atoms with Crippen LogP contribution in [0.2, 0.25) is 0 Å². The molecule has 0 spiro atoms. The number of hydrogen-bond acceptors (Lipinski definition) is 3. The summed E-state index contributed by atoms with van der Waals surface area (Å²) in [6, 6.07) is 12.5. The highest BCUT2D eigenvalue weighted by atomic mass is 16.3. The van der Waals surface area contributed by atoms with E-state index >= 15 is 0 Å². The molecule has 0 bridgehead atoms. The van der Waals surface area contributed by atoms with E-state index in [0.29, 0.717) is 6.54 Å². The molecule has 0 unspecified atom stereocenters. The standard InChI is InChI=1S/C21H32N4O/c1-4-6-13-23-21(22-5-2)24-15-18-10-7-8-11-19(18)16-25(3)17-20-12-9-14-26-20/h7-12,14H,4-6,13,15-17H2,1-3H3,(H2,22,23,24). The summed E-state index contributed by atoms with van der Waals surface area (Å²) in [5.41, 5.74) is 2.56. The SMILES string of the molecule is CCCCNC(=NCc1ccccc1CN(C)Cc1ccco1)NCC. The van der Waals surface area contributed by atoms with Gasteiger partial charge in [0.2, 0.25) is 0 Å². The van der Waals surface area contributed by atoms with E-state index in [1.165, 1.54) is 17.5 Å². The van der Waals surface area contributed by atoms with Gasteiger partial charge in [0.1, 0.15) is 5.76 Å². The van der Waals surface area contributed by atoms with Gasteiger partial charge in [-0.25, -0.2) is 4.99 Å². The third kappa shape index (κ3) is 6.92. The van der Waals surface area contributed by atoms with Crippen molar-refractivity contribution in [1.82, 2.24) is 15.5 Å². The normalized spacial score (nSPS) is 11.8. The molecule has 0 saturated heterocycles. The maximum absolute atomic E-state index is 5.44. The van der Waals surface area contributed by atoms with Gasteiger partial charge in [-0.2, -0.15) is 0 Å². The molecular weight excluding hydrogens is 324 g/mol. The first-order valence-corrected chi connectivity index (χ1v) is 9.52. The zero-order valence-electron chi connectivity index (χ0n) is 16.3. The predicted molar refractivity (Wildman–Crippen MR) is 108 cm³/mol. The number of rotatable bonds is 10. The summed E-state index contributed by atoms with van der Waals surface area (Å²) >= 11 is 0. The Morgan fingerprint density at radius 1 is 1.04 bits per heavy atom. The molecule has 26 heavy (non-hydrogen) atoms. The van der Waals surface area contributed by atoms with Crippen LogP contribution in [0.3, 0.4) is 0 Å². The van der Waals surface area contributed by atoms with Crippen LogP contribution in [0.15, 0.2) is 52.1 Å². The lowest BCUT2D eigenvalue weighted by Crippen LogP contribution is -2.37. The molecule has 0 atom stereocenters. The van der Waals surface area contributed by atoms with Crippen molar-refractivity contribution in [3.8, 4) is 0 Å². The smallest absolute Gasteiger partial charge is 0.191 e. The molecule has 0 aliphatic heterocycles. The number of furan rings is 1. The summed E-state index contributed by atoms with van der Waals surface area (Å²) in [4.78, 5) is 7.01. The molecule has 0 saturated carbocycles. The van der Waals surface area contributed by atoms with Crippen LogP contribution in [0.25, 0.3) is 0 Å². The van der Waals surface area contributed by atoms with E-state index < -0.39 is 0 Å². The van der Waals surface area contributed by atoms with Crippen LogP contribution in [0.4, 0.5) is 0 Å². The van der Waals surface area contributed by atoms with Gasteiger partial charge >= 0.3 is 0 Å². The molecule has 5 heteroatoms. The zero-order valence-corrected chi connectivity index (χ0v) is 16.3. The molecule has 0 amide bonds. The van der Waals surface area contributed by atoms with Crippen LogP contribution < -0.4 is 10.6 Å². The van der Waals surface area contributed by atoms with Gasteiger partial charge in [-0.05, 0) is 43.7 Å². The van der Waals surface area contributed by atoms with Crippen LogP contribution >= 0.6 is 0 Å². The zero-order chi connectivity index (χ0) is 18.6. The van der Waals surface area contributed by atoms with Gasteiger partial charge in [-0.1, -0.05) is 37.6 Å². The molecule has 142 valence electrons. The van der Waals surface area contributed by atoms with E-state index in [2.05, 4.69) is 60.7 Å². The van der Waals surface area contributed by atoms with Crippen molar-refractivity contribution in [1.29, 1.82) is 0 Å². The van der Waals surface area contributed by atoms with Gasteiger partial charge in [0, 0.05) is 19.6 Å². The minimum absolute atomic E-state index is 0.673. The first-order valence-electron chi connectivity index (χ1n) is 9.52. The van der Waals surface area contributed by atoms with Crippen molar-refractivity contribution >= 4 is 5.96 Å². The molecule has 2 rings (SSSR count). The van der Waals surface area contributed by atoms with E-state index in [1.54, 1.807) is 6.26 Å². The summed E-state index contributed by atoms with van der Waals surface area (Å²) < 4.78 is 5.44. The van der Waals surface area contributed by atoms with Crippen LogP contribution in [-0.2, 0) is 19.6 Å². The number of benzene rings is 1. The third-order valence-corrected chi connectivity index (χ3v) is 4.14. The highest BCUT2D eigenvalue weighted by molar-refractivity contribution is 5.79. The van der Waals surface area contributed by atoms with Gasteiger partial charge in [-0.15, -0.1) is 0 Å². The highest BCUT2D eigenvalue weighted by Gasteiger charge is 2.07. The molecule has 2 N–H and O–H groups in total. The molecule has 1 aromatic carbocycles. The van der Waals surface area contributed by atoms with Gasteiger partial charge in [0.15, 0.2) is 5.96 Å². The van der Waals surface area contributed by atoms with Gasteiger partial charge < -0.3 is 15.1 Å². The van der Waals surface area contributed by atoms with Crippen LogP contribution in [0, 0.1) is 0 Å². The molecule has 0 fully saturated rings. The first-order chi connectivity index (χ1) is 12.7. The Hall–Kier alpha value is -2.27. The van der Waals surface area contributed by atoms with Crippen molar-refractivity contribution in [3.05, 3.63) is 59.5 Å². The quantitative estimate of drug-likeness (QED) is 0.387. The van der Waals surface area contributed by atoms with Crippen molar-refractivity contribution in [2.45, 2.75) is 46.3 Å². The average molecular weight is 357 g/mol. The molecule has 0 aliphatic rings. The highest BCUT2D eigenvalue weighted by Crippen LogP contribution is 2.14. The lowest BCUT2D eigenvalue weighted by molar-refractivity contribution is 0.287. The fraction of sp³-hybridized carbons (Fsp3) is 0.476. The minimum Gasteiger partial charge on any atom is -0.468 e. The Kier molecular flexibility index (Phi) is 8.76. The van der Waals surface area contributed by atoms with Gasteiger partial charge in [0.05, 0.1) is 19.4 Å². The van der Waals surface area contributed by atoms with Crippen LogP contribution in [0.1, 0.15) is 43.6 Å². The van der Waals surface area contributed by atoms with Crippen LogP contribution in [0.5, 0.6) is 0 Å². The average Bonchev–Trinajstić information content (AvgIpc) is 3.13. The van der Waals surface area contributed by atoms with Crippen molar-refractivity contribution in [3.63, 3.8) is 0 Å². The molecule has 0 radical (unpaired) electrons. The van der Waals surface area contributed by atoms with Crippen molar-refractivity contribution in [2.75, 3.05) is 20.1 Å². The molecule has 2 aromatic rings. The van der Waals surface area contributed by atoms with Crippen molar-refractivity contribution in [2.24, 2.45) is 4.99 Å². The van der Waals surface area contributed by atoms with Gasteiger partial charge in [0.25, 0.3) is 0 Å². The number of aliphatic imine (C=N–C) groups is 1. The second kappa shape index (κ2) is 11.4. The Balaban J connectivity index is 1.98. The van der Waals surface area contributed by atoms with Gasteiger partial charge in [-0.3, -0.25) is 4.90 Å². The molecule has 1 aromatic heterocycles. The molecule has 0 aliphatic carbocycles. The van der Waals surface area contributed by atoms with E-state index in [0.717, 1.165) is 44.3 Å². The van der Waals surface area contributed by atoms with Crippen LogP contribution in [-0.4, -0.2) is 31.0 Å². The summed E-state index contributed by atoms with van der Waals surface area (Å²) in [6.07, 6.45) is 4.05. The number of nitrogens with zero attached hydrogens (tertiary/aromatic N) is 2. The van der Waals surface area contributed by atoms with E-state index in [-0.39, 0.29) is 0 Å². The number of unbranched alkanes of at least 4 members (excludes halogenated alkanes) is 1. The summed E-state index contributed by atoms with van der Waals surface area (Å²) in [5, 5.41) is 6.72. The topological polar surface area (TPSA) is 52.8 Å². The van der Waals surface area contributed by atoms with E-state index in [1.807, 2.05) is 12.1 Å². The first kappa shape index (κ1) is 20.0. The predicted octanol–water partition coefficient (Wildman–Crippen LogP) is 3.77. The minimum atomic E-state index is 0.673. The lowest BCUT2D eigenvalue weighted by Gasteiger charge is -2.17. The monoisotopic (exact) mass is 356 g/mol. The number of guanidine groups is 1. The molecule has 1 heterocycles. The maximum atomic E-state index is 5.44. The summed E-state index contributed by atoms with van der Waals surface area (Å²) in [5.74, 6) is 1.87.